The van der Waals surface area contributed by atoms with Gasteiger partial charge in [-0.25, -0.2) is 9.18 Å². The lowest BCUT2D eigenvalue weighted by Gasteiger charge is -2.08. The standard InChI is InChI=1S/C14H11ClFNO2/c15-12-6-9(4-5-13(12)16)8-17-11-3-1-2-10(7-11)14(18)19/h1-7,17H,8H2,(H,18,19). The molecule has 0 aliphatic carbocycles. The second-order valence-corrected chi connectivity index (χ2v) is 4.40. The molecule has 2 aromatic rings. The Balaban J connectivity index is 2.07. The van der Waals surface area contributed by atoms with Crippen molar-refractivity contribution in [3.8, 4) is 0 Å². The summed E-state index contributed by atoms with van der Waals surface area (Å²) in [5.41, 5.74) is 1.70. The number of carbonyl (C=O) groups is 1. The van der Waals surface area contributed by atoms with Crippen molar-refractivity contribution < 1.29 is 14.3 Å². The van der Waals surface area contributed by atoms with Crippen LogP contribution in [0.3, 0.4) is 0 Å². The van der Waals surface area contributed by atoms with Gasteiger partial charge >= 0.3 is 5.97 Å². The maximum atomic E-state index is 13.0. The lowest BCUT2D eigenvalue weighted by molar-refractivity contribution is 0.0697. The molecule has 0 aliphatic heterocycles. The molecule has 0 atom stereocenters. The van der Waals surface area contributed by atoms with Gasteiger partial charge in [-0.05, 0) is 35.9 Å². The average molecular weight is 280 g/mol. The van der Waals surface area contributed by atoms with Gasteiger partial charge in [0.2, 0.25) is 0 Å². The molecule has 2 aromatic carbocycles. The number of benzene rings is 2. The second-order valence-electron chi connectivity index (χ2n) is 3.99. The molecular weight excluding hydrogens is 269 g/mol. The van der Waals surface area contributed by atoms with Gasteiger partial charge in [-0.2, -0.15) is 0 Å². The molecule has 0 unspecified atom stereocenters. The number of anilines is 1. The van der Waals surface area contributed by atoms with Gasteiger partial charge in [0.25, 0.3) is 0 Å². The van der Waals surface area contributed by atoms with Crippen molar-refractivity contribution in [3.63, 3.8) is 0 Å². The Morgan fingerprint density at radius 3 is 2.74 bits per heavy atom. The molecule has 0 saturated carbocycles. The first-order valence-corrected chi connectivity index (χ1v) is 5.95. The van der Waals surface area contributed by atoms with E-state index in [1.165, 1.54) is 24.3 Å². The normalized spacial score (nSPS) is 10.2. The van der Waals surface area contributed by atoms with E-state index in [4.69, 9.17) is 16.7 Å². The number of carboxylic acids is 1. The molecule has 19 heavy (non-hydrogen) atoms. The molecule has 0 radical (unpaired) electrons. The van der Waals surface area contributed by atoms with Crippen LogP contribution in [-0.4, -0.2) is 11.1 Å². The quantitative estimate of drug-likeness (QED) is 0.895. The third-order valence-electron chi connectivity index (χ3n) is 2.59. The Labute approximate surface area is 114 Å². The van der Waals surface area contributed by atoms with Gasteiger partial charge in [0.05, 0.1) is 10.6 Å². The van der Waals surface area contributed by atoms with Crippen molar-refractivity contribution in [2.75, 3.05) is 5.32 Å². The molecule has 0 heterocycles. The maximum absolute atomic E-state index is 13.0. The minimum atomic E-state index is -0.978. The van der Waals surface area contributed by atoms with Crippen molar-refractivity contribution in [2.24, 2.45) is 0 Å². The second kappa shape index (κ2) is 5.71. The Bertz CT molecular complexity index is 616. The topological polar surface area (TPSA) is 49.3 Å². The highest BCUT2D eigenvalue weighted by molar-refractivity contribution is 6.30. The molecule has 0 amide bonds. The number of carboxylic acid groups (broad SMARTS) is 1. The summed E-state index contributed by atoms with van der Waals surface area (Å²) in [6.45, 7) is 0.434. The van der Waals surface area contributed by atoms with Gasteiger partial charge in [-0.15, -0.1) is 0 Å². The summed E-state index contributed by atoms with van der Waals surface area (Å²) in [7, 11) is 0. The molecule has 5 heteroatoms. The molecule has 0 fully saturated rings. The fraction of sp³-hybridized carbons (Fsp3) is 0.0714. The summed E-state index contributed by atoms with van der Waals surface area (Å²) in [5, 5.41) is 12.0. The highest BCUT2D eigenvalue weighted by Gasteiger charge is 2.04. The summed E-state index contributed by atoms with van der Waals surface area (Å²) >= 11 is 5.68. The van der Waals surface area contributed by atoms with E-state index < -0.39 is 11.8 Å². The highest BCUT2D eigenvalue weighted by atomic mass is 35.5. The first kappa shape index (κ1) is 13.4. The van der Waals surface area contributed by atoms with E-state index in [1.54, 1.807) is 18.2 Å². The van der Waals surface area contributed by atoms with Crippen LogP contribution < -0.4 is 5.32 Å². The van der Waals surface area contributed by atoms with Gasteiger partial charge in [0.1, 0.15) is 5.82 Å². The lowest BCUT2D eigenvalue weighted by atomic mass is 10.2. The summed E-state index contributed by atoms with van der Waals surface area (Å²) in [6, 6.07) is 10.9. The zero-order chi connectivity index (χ0) is 13.8. The Morgan fingerprint density at radius 1 is 1.26 bits per heavy atom. The fourth-order valence-electron chi connectivity index (χ4n) is 1.62. The molecule has 0 aromatic heterocycles. The third kappa shape index (κ3) is 3.45. The molecule has 98 valence electrons. The van der Waals surface area contributed by atoms with Crippen molar-refractivity contribution in [2.45, 2.75) is 6.54 Å². The van der Waals surface area contributed by atoms with E-state index in [0.29, 0.717) is 12.2 Å². The van der Waals surface area contributed by atoms with Crippen LogP contribution in [0.2, 0.25) is 5.02 Å². The van der Waals surface area contributed by atoms with E-state index in [9.17, 15) is 9.18 Å². The van der Waals surface area contributed by atoms with Crippen LogP contribution in [-0.2, 0) is 6.54 Å². The summed E-state index contributed by atoms with van der Waals surface area (Å²) < 4.78 is 13.0. The van der Waals surface area contributed by atoms with Crippen LogP contribution >= 0.6 is 11.6 Å². The molecule has 0 spiro atoms. The van der Waals surface area contributed by atoms with Crippen LogP contribution in [0.5, 0.6) is 0 Å². The predicted molar refractivity (Wildman–Crippen MR) is 72.1 cm³/mol. The van der Waals surface area contributed by atoms with E-state index in [1.807, 2.05) is 0 Å². The minimum absolute atomic E-state index is 0.0681. The molecule has 0 saturated heterocycles. The summed E-state index contributed by atoms with van der Waals surface area (Å²) in [4.78, 5) is 10.8. The largest absolute Gasteiger partial charge is 0.478 e. The van der Waals surface area contributed by atoms with Crippen molar-refractivity contribution in [1.82, 2.24) is 0 Å². The fourth-order valence-corrected chi connectivity index (χ4v) is 1.82. The van der Waals surface area contributed by atoms with E-state index in [-0.39, 0.29) is 10.6 Å². The molecule has 0 bridgehead atoms. The molecule has 3 nitrogen and oxygen atoms in total. The number of nitrogens with one attached hydrogen (secondary N) is 1. The van der Waals surface area contributed by atoms with Crippen molar-refractivity contribution in [1.29, 1.82) is 0 Å². The van der Waals surface area contributed by atoms with Crippen LogP contribution in [0.25, 0.3) is 0 Å². The predicted octanol–water partition coefficient (Wildman–Crippen LogP) is 3.79. The Morgan fingerprint density at radius 2 is 2.05 bits per heavy atom. The Hall–Kier alpha value is -2.07. The number of hydrogen-bond acceptors (Lipinski definition) is 2. The summed E-state index contributed by atoms with van der Waals surface area (Å²) in [6.07, 6.45) is 0. The SMILES string of the molecule is O=C(O)c1cccc(NCc2ccc(F)c(Cl)c2)c1. The first-order valence-electron chi connectivity index (χ1n) is 5.57. The van der Waals surface area contributed by atoms with Gasteiger partial charge in [-0.1, -0.05) is 23.7 Å². The zero-order valence-corrected chi connectivity index (χ0v) is 10.6. The summed E-state index contributed by atoms with van der Waals surface area (Å²) in [5.74, 6) is -1.44. The van der Waals surface area contributed by atoms with E-state index in [2.05, 4.69) is 5.32 Å². The first-order chi connectivity index (χ1) is 9.06. The van der Waals surface area contributed by atoms with Crippen molar-refractivity contribution in [3.05, 3.63) is 64.4 Å². The minimum Gasteiger partial charge on any atom is -0.478 e. The molecular formula is C14H11ClFNO2. The third-order valence-corrected chi connectivity index (χ3v) is 2.88. The van der Waals surface area contributed by atoms with Gasteiger partial charge in [-0.3, -0.25) is 0 Å². The van der Waals surface area contributed by atoms with Gasteiger partial charge in [0, 0.05) is 12.2 Å². The highest BCUT2D eigenvalue weighted by Crippen LogP contribution is 2.17. The monoisotopic (exact) mass is 279 g/mol. The van der Waals surface area contributed by atoms with E-state index in [0.717, 1.165) is 5.56 Å². The van der Waals surface area contributed by atoms with E-state index >= 15 is 0 Å². The van der Waals surface area contributed by atoms with Gasteiger partial charge in [0.15, 0.2) is 0 Å². The van der Waals surface area contributed by atoms with Crippen LogP contribution in [0.4, 0.5) is 10.1 Å². The zero-order valence-electron chi connectivity index (χ0n) is 9.86. The lowest BCUT2D eigenvalue weighted by Crippen LogP contribution is -2.02. The number of hydrogen-bond donors (Lipinski definition) is 2. The Kier molecular flexibility index (Phi) is 4.02. The molecule has 2 rings (SSSR count). The molecule has 2 N–H and O–H groups in total. The average Bonchev–Trinajstić information content (AvgIpc) is 2.40. The maximum Gasteiger partial charge on any atom is 0.335 e. The number of rotatable bonds is 4. The number of aromatic carboxylic acids is 1. The van der Waals surface area contributed by atoms with Crippen molar-refractivity contribution >= 4 is 23.3 Å². The smallest absolute Gasteiger partial charge is 0.335 e. The van der Waals surface area contributed by atoms with Crippen LogP contribution in [0.15, 0.2) is 42.5 Å². The van der Waals surface area contributed by atoms with Gasteiger partial charge < -0.3 is 10.4 Å². The number of halogens is 2. The van der Waals surface area contributed by atoms with Crippen LogP contribution in [0, 0.1) is 5.82 Å². The molecule has 0 aliphatic rings. The van der Waals surface area contributed by atoms with Crippen LogP contribution in [0.1, 0.15) is 15.9 Å².